The Morgan fingerprint density at radius 2 is 1.63 bits per heavy atom. The smallest absolute Gasteiger partial charge is 0.159 e. The van der Waals surface area contributed by atoms with Crippen molar-refractivity contribution in [3.05, 3.63) is 35.4 Å². The second-order valence-electron chi connectivity index (χ2n) is 5.05. The molecule has 1 N–H and O–H groups in total. The van der Waals surface area contributed by atoms with Crippen LogP contribution in [0.4, 0.5) is 8.78 Å². The van der Waals surface area contributed by atoms with Crippen LogP contribution in [-0.2, 0) is 0 Å². The summed E-state index contributed by atoms with van der Waals surface area (Å²) in [5.74, 6) is -1.06. The molecule has 1 aromatic carbocycles. The van der Waals surface area contributed by atoms with E-state index in [2.05, 4.69) is 19.2 Å². The molecule has 1 rings (SSSR count). The Morgan fingerprint density at radius 1 is 1.00 bits per heavy atom. The molecule has 0 aromatic heterocycles. The Bertz CT molecular complexity index is 373. The maximum atomic E-state index is 13.4. The average Bonchev–Trinajstić information content (AvgIpc) is 2.39. The molecule has 0 saturated carbocycles. The van der Waals surface area contributed by atoms with Gasteiger partial charge in [-0.05, 0) is 43.0 Å². The summed E-state index contributed by atoms with van der Waals surface area (Å²) in [6.45, 7) is 7.20. The molecule has 3 heteroatoms. The van der Waals surface area contributed by atoms with E-state index in [1.165, 1.54) is 12.1 Å². The minimum Gasteiger partial charge on any atom is -0.310 e. The molecule has 0 saturated heterocycles. The Kier molecular flexibility index (Phi) is 7.00. The van der Waals surface area contributed by atoms with Gasteiger partial charge in [0.05, 0.1) is 0 Å². The van der Waals surface area contributed by atoms with Gasteiger partial charge >= 0.3 is 0 Å². The first-order valence-electron chi connectivity index (χ1n) is 7.32. The summed E-state index contributed by atoms with van der Waals surface area (Å²) in [6.07, 6.45) is 4.42. The van der Waals surface area contributed by atoms with Crippen LogP contribution >= 0.6 is 0 Å². The van der Waals surface area contributed by atoms with Gasteiger partial charge < -0.3 is 5.32 Å². The molecule has 0 fully saturated rings. The van der Waals surface area contributed by atoms with Crippen LogP contribution in [0, 0.1) is 17.6 Å². The highest BCUT2D eigenvalue weighted by Gasteiger charge is 2.22. The van der Waals surface area contributed by atoms with Crippen molar-refractivity contribution in [2.45, 2.75) is 52.5 Å². The van der Waals surface area contributed by atoms with Crippen molar-refractivity contribution in [1.29, 1.82) is 0 Å². The van der Waals surface area contributed by atoms with Crippen LogP contribution in [0.3, 0.4) is 0 Å². The fraction of sp³-hybridized carbons (Fsp3) is 0.625. The summed E-state index contributed by atoms with van der Waals surface area (Å²) in [7, 11) is 0. The molecule has 0 heterocycles. The second kappa shape index (κ2) is 8.26. The summed E-state index contributed by atoms with van der Waals surface area (Å²) in [4.78, 5) is 0. The molecular formula is C16H25F2N. The molecule has 0 spiro atoms. The molecule has 108 valence electrons. The fourth-order valence-corrected chi connectivity index (χ4v) is 2.70. The van der Waals surface area contributed by atoms with Gasteiger partial charge in [-0.15, -0.1) is 0 Å². The second-order valence-corrected chi connectivity index (χ2v) is 5.05. The summed E-state index contributed by atoms with van der Waals surface area (Å²) in [5, 5.41) is 3.43. The number of benzene rings is 1. The summed E-state index contributed by atoms with van der Waals surface area (Å²) >= 11 is 0. The largest absolute Gasteiger partial charge is 0.310 e. The third-order valence-electron chi connectivity index (χ3n) is 3.52. The highest BCUT2D eigenvalue weighted by molar-refractivity contribution is 5.22. The molecule has 0 aliphatic rings. The number of nitrogens with one attached hydrogen (secondary N) is 1. The molecule has 0 aliphatic heterocycles. The van der Waals surface area contributed by atoms with Crippen molar-refractivity contribution in [3.8, 4) is 0 Å². The Hall–Kier alpha value is -0.960. The van der Waals surface area contributed by atoms with E-state index >= 15 is 0 Å². The molecule has 0 radical (unpaired) electrons. The molecule has 1 atom stereocenters. The Balaban J connectivity index is 2.98. The van der Waals surface area contributed by atoms with E-state index in [0.717, 1.165) is 37.8 Å². The first kappa shape index (κ1) is 16.1. The zero-order chi connectivity index (χ0) is 14.3. The van der Waals surface area contributed by atoms with Gasteiger partial charge in [0.25, 0.3) is 0 Å². The van der Waals surface area contributed by atoms with Crippen molar-refractivity contribution in [2.24, 2.45) is 5.92 Å². The molecule has 1 nitrogen and oxygen atoms in total. The van der Waals surface area contributed by atoms with Crippen LogP contribution in [0.5, 0.6) is 0 Å². The first-order valence-corrected chi connectivity index (χ1v) is 7.32. The summed E-state index contributed by atoms with van der Waals surface area (Å²) in [5.41, 5.74) is 0.854. The van der Waals surface area contributed by atoms with E-state index in [1.54, 1.807) is 6.07 Å². The number of rotatable bonds is 8. The molecular weight excluding hydrogens is 244 g/mol. The molecule has 1 aromatic rings. The van der Waals surface area contributed by atoms with Crippen LogP contribution < -0.4 is 5.32 Å². The maximum Gasteiger partial charge on any atom is 0.159 e. The van der Waals surface area contributed by atoms with Gasteiger partial charge in [-0.1, -0.05) is 39.7 Å². The van der Waals surface area contributed by atoms with Gasteiger partial charge in [-0.3, -0.25) is 0 Å². The molecule has 0 aliphatic carbocycles. The van der Waals surface area contributed by atoms with E-state index in [1.807, 2.05) is 6.92 Å². The van der Waals surface area contributed by atoms with E-state index in [0.29, 0.717) is 5.92 Å². The van der Waals surface area contributed by atoms with E-state index in [4.69, 9.17) is 0 Å². The van der Waals surface area contributed by atoms with Crippen LogP contribution in [0.2, 0.25) is 0 Å². The third-order valence-corrected chi connectivity index (χ3v) is 3.52. The van der Waals surface area contributed by atoms with Crippen LogP contribution in [0.15, 0.2) is 18.2 Å². The van der Waals surface area contributed by atoms with Crippen molar-refractivity contribution in [2.75, 3.05) is 6.54 Å². The lowest BCUT2D eigenvalue weighted by atomic mass is 9.86. The van der Waals surface area contributed by atoms with Gasteiger partial charge in [-0.2, -0.15) is 0 Å². The van der Waals surface area contributed by atoms with Crippen molar-refractivity contribution in [1.82, 2.24) is 5.32 Å². The van der Waals surface area contributed by atoms with Gasteiger partial charge in [-0.25, -0.2) is 8.78 Å². The van der Waals surface area contributed by atoms with Crippen LogP contribution in [0.25, 0.3) is 0 Å². The third kappa shape index (κ3) is 4.57. The minimum absolute atomic E-state index is 0.111. The number of halogens is 2. The lowest BCUT2D eigenvalue weighted by Crippen LogP contribution is -2.28. The first-order chi connectivity index (χ1) is 9.13. The van der Waals surface area contributed by atoms with E-state index in [-0.39, 0.29) is 6.04 Å². The van der Waals surface area contributed by atoms with Crippen LogP contribution in [-0.4, -0.2) is 6.54 Å². The Labute approximate surface area is 115 Å². The molecule has 0 amide bonds. The van der Waals surface area contributed by atoms with Gasteiger partial charge in [0.15, 0.2) is 11.6 Å². The number of hydrogen-bond acceptors (Lipinski definition) is 1. The quantitative estimate of drug-likeness (QED) is 0.712. The van der Waals surface area contributed by atoms with Gasteiger partial charge in [0.2, 0.25) is 0 Å². The zero-order valence-electron chi connectivity index (χ0n) is 12.2. The molecule has 1 unspecified atom stereocenters. The highest BCUT2D eigenvalue weighted by atomic mass is 19.2. The average molecular weight is 269 g/mol. The van der Waals surface area contributed by atoms with Gasteiger partial charge in [0.1, 0.15) is 0 Å². The standard InChI is InChI=1S/C16H25F2N/c1-4-7-12(8-5-2)16(19-6-3)13-9-10-14(17)15(18)11-13/h9-12,16,19H,4-8H2,1-3H3. The lowest BCUT2D eigenvalue weighted by molar-refractivity contribution is 0.319. The monoisotopic (exact) mass is 269 g/mol. The molecule has 0 bridgehead atoms. The fourth-order valence-electron chi connectivity index (χ4n) is 2.70. The molecule has 19 heavy (non-hydrogen) atoms. The lowest BCUT2D eigenvalue weighted by Gasteiger charge is -2.28. The van der Waals surface area contributed by atoms with Crippen molar-refractivity contribution >= 4 is 0 Å². The summed E-state index contributed by atoms with van der Waals surface area (Å²) < 4.78 is 26.5. The zero-order valence-corrected chi connectivity index (χ0v) is 12.2. The van der Waals surface area contributed by atoms with Gasteiger partial charge in [0, 0.05) is 6.04 Å². The minimum atomic E-state index is -0.776. The summed E-state index contributed by atoms with van der Waals surface area (Å²) in [6, 6.07) is 4.37. The van der Waals surface area contributed by atoms with Crippen LogP contribution in [0.1, 0.15) is 58.1 Å². The maximum absolute atomic E-state index is 13.4. The van der Waals surface area contributed by atoms with Crippen molar-refractivity contribution in [3.63, 3.8) is 0 Å². The van der Waals surface area contributed by atoms with E-state index in [9.17, 15) is 8.78 Å². The highest BCUT2D eigenvalue weighted by Crippen LogP contribution is 2.30. The SMILES string of the molecule is CCCC(CCC)C(NCC)c1ccc(F)c(F)c1. The predicted molar refractivity (Wildman–Crippen MR) is 76.1 cm³/mol. The topological polar surface area (TPSA) is 12.0 Å². The normalized spacial score (nSPS) is 12.9. The Morgan fingerprint density at radius 3 is 2.11 bits per heavy atom. The van der Waals surface area contributed by atoms with Crippen molar-refractivity contribution < 1.29 is 8.78 Å². The van der Waals surface area contributed by atoms with E-state index < -0.39 is 11.6 Å². The number of hydrogen-bond donors (Lipinski definition) is 1. The predicted octanol–water partition coefficient (Wildman–Crippen LogP) is 4.83.